The third-order valence-corrected chi connectivity index (χ3v) is 9.95. The van der Waals surface area contributed by atoms with E-state index in [0.29, 0.717) is 24.0 Å². The number of hydrogen-bond donors (Lipinski definition) is 3. The summed E-state index contributed by atoms with van der Waals surface area (Å²) in [5.41, 5.74) is 1.76. The van der Waals surface area contributed by atoms with Crippen LogP contribution >= 0.6 is 15.9 Å². The number of aliphatic hydroxyl groups is 1. The van der Waals surface area contributed by atoms with Gasteiger partial charge in [-0.05, 0) is 29.7 Å². The van der Waals surface area contributed by atoms with E-state index < -0.39 is 48.1 Å². The predicted molar refractivity (Wildman–Crippen MR) is 163 cm³/mol. The highest BCUT2D eigenvalue weighted by atomic mass is 79.9. The number of halogens is 1. The number of carbonyl (C=O) groups is 3. The molecule has 3 unspecified atom stereocenters. The molecule has 3 fully saturated rings. The predicted octanol–water partition coefficient (Wildman–Crippen LogP) is 2.30. The highest BCUT2D eigenvalue weighted by Gasteiger charge is 2.77. The van der Waals surface area contributed by atoms with Crippen molar-refractivity contribution in [2.45, 2.75) is 48.3 Å². The number of aliphatic hydroxyl groups excluding tert-OH is 1. The molecule has 3 aliphatic rings. The number of benzene rings is 3. The first-order valence-electron chi connectivity index (χ1n) is 14.6. The molecule has 3 aliphatic heterocycles. The second kappa shape index (κ2) is 11.4. The van der Waals surface area contributed by atoms with Crippen LogP contribution in [-0.4, -0.2) is 71.9 Å². The molecule has 0 aliphatic carbocycles. The number of para-hydroxylation sites is 1. The Labute approximate surface area is 261 Å². The Kier molecular flexibility index (Phi) is 7.43. The maximum atomic E-state index is 14.5. The van der Waals surface area contributed by atoms with E-state index in [4.69, 9.17) is 4.74 Å². The number of nitrogens with zero attached hydrogens (tertiary/aromatic N) is 4. The highest BCUT2D eigenvalue weighted by molar-refractivity contribution is 9.09. The SMILES string of the molecule is O=C(NCn1nnc2ccccc21)C1N([C@H](CO)c2ccccc2)C(=O)[C@@H]2[C@H](C(=O)NCc3ccccc3)[C@H]3OC12CC3Br. The first-order chi connectivity index (χ1) is 21.4. The third-order valence-electron chi connectivity index (χ3n) is 9.10. The molecule has 3 amide bonds. The van der Waals surface area contributed by atoms with E-state index in [1.165, 1.54) is 4.90 Å². The molecule has 44 heavy (non-hydrogen) atoms. The first-order valence-corrected chi connectivity index (χ1v) is 15.5. The van der Waals surface area contributed by atoms with Gasteiger partial charge in [0.15, 0.2) is 0 Å². The number of fused-ring (bicyclic) bond motifs is 2. The van der Waals surface area contributed by atoms with Crippen molar-refractivity contribution in [3.8, 4) is 0 Å². The number of hydrogen-bond acceptors (Lipinski definition) is 7. The van der Waals surface area contributed by atoms with Crippen molar-refractivity contribution in [2.24, 2.45) is 11.8 Å². The molecule has 4 aromatic rings. The van der Waals surface area contributed by atoms with Crippen molar-refractivity contribution < 1.29 is 24.2 Å². The minimum Gasteiger partial charge on any atom is -0.394 e. The number of amides is 3. The lowest BCUT2D eigenvalue weighted by Crippen LogP contribution is -2.56. The van der Waals surface area contributed by atoms with Crippen molar-refractivity contribution in [1.82, 2.24) is 30.5 Å². The van der Waals surface area contributed by atoms with Crippen molar-refractivity contribution in [1.29, 1.82) is 0 Å². The Bertz CT molecular complexity index is 1700. The van der Waals surface area contributed by atoms with Crippen molar-refractivity contribution in [3.05, 3.63) is 96.1 Å². The summed E-state index contributed by atoms with van der Waals surface area (Å²) in [6, 6.07) is 24.1. The lowest BCUT2D eigenvalue weighted by molar-refractivity contribution is -0.146. The fourth-order valence-corrected chi connectivity index (χ4v) is 8.16. The van der Waals surface area contributed by atoms with Gasteiger partial charge in [0.2, 0.25) is 17.7 Å². The van der Waals surface area contributed by atoms with Gasteiger partial charge in [0.25, 0.3) is 0 Å². The molecule has 11 nitrogen and oxygen atoms in total. The molecule has 0 saturated carbocycles. The largest absolute Gasteiger partial charge is 0.394 e. The van der Waals surface area contributed by atoms with Gasteiger partial charge in [-0.15, -0.1) is 5.10 Å². The molecular formula is C32H31BrN6O5. The zero-order valence-corrected chi connectivity index (χ0v) is 25.2. The molecule has 0 radical (unpaired) electrons. The lowest BCUT2D eigenvalue weighted by atomic mass is 9.70. The molecule has 7 rings (SSSR count). The summed E-state index contributed by atoms with van der Waals surface area (Å²) in [5.74, 6) is -2.88. The molecule has 3 N–H and O–H groups in total. The summed E-state index contributed by atoms with van der Waals surface area (Å²) >= 11 is 3.71. The molecule has 1 spiro atoms. The summed E-state index contributed by atoms with van der Waals surface area (Å²) in [4.78, 5) is 43.7. The average Bonchev–Trinajstić information content (AvgIpc) is 3.77. The summed E-state index contributed by atoms with van der Waals surface area (Å²) in [6.45, 7) is -0.107. The number of alkyl halides is 1. The quantitative estimate of drug-likeness (QED) is 0.235. The van der Waals surface area contributed by atoms with Crippen LogP contribution in [0.25, 0.3) is 11.0 Å². The topological polar surface area (TPSA) is 139 Å². The molecule has 12 heteroatoms. The van der Waals surface area contributed by atoms with Crippen LogP contribution in [0.1, 0.15) is 23.6 Å². The fraction of sp³-hybridized carbons (Fsp3) is 0.344. The number of aromatic nitrogens is 3. The van der Waals surface area contributed by atoms with Crippen molar-refractivity contribution in [3.63, 3.8) is 0 Å². The minimum atomic E-state index is -1.28. The van der Waals surface area contributed by atoms with Crippen LogP contribution < -0.4 is 10.6 Å². The van der Waals surface area contributed by atoms with E-state index in [1.807, 2.05) is 84.9 Å². The van der Waals surface area contributed by atoms with Gasteiger partial charge in [0.05, 0.1) is 36.1 Å². The van der Waals surface area contributed by atoms with Gasteiger partial charge in [-0.2, -0.15) is 0 Å². The van der Waals surface area contributed by atoms with Crippen LogP contribution in [-0.2, 0) is 32.3 Å². The van der Waals surface area contributed by atoms with Crippen molar-refractivity contribution >= 4 is 44.7 Å². The maximum Gasteiger partial charge on any atom is 0.247 e. The van der Waals surface area contributed by atoms with Crippen LogP contribution in [0, 0.1) is 11.8 Å². The van der Waals surface area contributed by atoms with Crippen LogP contribution in [0.15, 0.2) is 84.9 Å². The zero-order chi connectivity index (χ0) is 30.4. The highest BCUT2D eigenvalue weighted by Crippen LogP contribution is 2.61. The fourth-order valence-electron chi connectivity index (χ4n) is 7.22. The standard InChI is InChI=1S/C32H31BrN6O5/c33-21-15-32-26(25(27(21)44-32)29(41)34-16-19-9-3-1-4-10-19)31(43)39(24(17-40)20-11-5-2-6-12-20)28(32)30(42)35-18-38-23-14-8-7-13-22(23)36-37-38/h1-14,21,24-28,40H,15-18H2,(H,34,41)(H,35,42)/t21?,24-,25+,26+,27+,28?,32?/m1/s1. The van der Waals surface area contributed by atoms with Gasteiger partial charge < -0.3 is 25.4 Å². The Morgan fingerprint density at radius 1 is 1.00 bits per heavy atom. The zero-order valence-electron chi connectivity index (χ0n) is 23.6. The van der Waals surface area contributed by atoms with Crippen LogP contribution in [0.3, 0.4) is 0 Å². The number of likely N-dealkylation sites (tertiary alicyclic amines) is 1. The van der Waals surface area contributed by atoms with E-state index in [9.17, 15) is 19.5 Å². The van der Waals surface area contributed by atoms with E-state index in [2.05, 4.69) is 36.9 Å². The van der Waals surface area contributed by atoms with Gasteiger partial charge >= 0.3 is 0 Å². The minimum absolute atomic E-state index is 0.00983. The smallest absolute Gasteiger partial charge is 0.247 e. The number of nitrogens with one attached hydrogen (secondary N) is 2. The molecule has 3 aromatic carbocycles. The van der Waals surface area contributed by atoms with Gasteiger partial charge in [0.1, 0.15) is 23.8 Å². The number of rotatable bonds is 9. The summed E-state index contributed by atoms with van der Waals surface area (Å²) in [5, 5.41) is 24.9. The molecule has 1 aromatic heterocycles. The number of ether oxygens (including phenoxy) is 1. The molecule has 3 saturated heterocycles. The average molecular weight is 660 g/mol. The van der Waals surface area contributed by atoms with E-state index in [0.717, 1.165) is 11.1 Å². The van der Waals surface area contributed by atoms with Gasteiger partial charge in [-0.3, -0.25) is 14.4 Å². The number of carbonyl (C=O) groups excluding carboxylic acids is 3. The van der Waals surface area contributed by atoms with Crippen molar-refractivity contribution in [2.75, 3.05) is 6.61 Å². The van der Waals surface area contributed by atoms with Gasteiger partial charge in [-0.1, -0.05) is 93.9 Å². The van der Waals surface area contributed by atoms with Gasteiger partial charge in [-0.25, -0.2) is 4.68 Å². The molecule has 226 valence electrons. The van der Waals surface area contributed by atoms with E-state index >= 15 is 0 Å². The second-order valence-corrected chi connectivity index (χ2v) is 12.7. The van der Waals surface area contributed by atoms with Crippen LogP contribution in [0.2, 0.25) is 0 Å². The first kappa shape index (κ1) is 28.6. The molecule has 4 heterocycles. The van der Waals surface area contributed by atoms with E-state index in [1.54, 1.807) is 4.68 Å². The Balaban J connectivity index is 1.23. The third kappa shape index (κ3) is 4.59. The second-order valence-electron chi connectivity index (χ2n) is 11.5. The molecule has 2 bridgehead atoms. The summed E-state index contributed by atoms with van der Waals surface area (Å²) in [7, 11) is 0. The van der Waals surface area contributed by atoms with Crippen LogP contribution in [0.5, 0.6) is 0 Å². The lowest BCUT2D eigenvalue weighted by Gasteiger charge is -2.37. The Hall–Kier alpha value is -4.13. The normalized spacial score (nSPS) is 27.8. The van der Waals surface area contributed by atoms with Gasteiger partial charge in [0, 0.05) is 11.4 Å². The Morgan fingerprint density at radius 2 is 1.70 bits per heavy atom. The Morgan fingerprint density at radius 3 is 2.45 bits per heavy atom. The summed E-state index contributed by atoms with van der Waals surface area (Å²) < 4.78 is 8.18. The molecular weight excluding hydrogens is 628 g/mol. The van der Waals surface area contributed by atoms with Crippen LogP contribution in [0.4, 0.5) is 0 Å². The molecule has 7 atom stereocenters. The monoisotopic (exact) mass is 658 g/mol. The maximum absolute atomic E-state index is 14.5. The van der Waals surface area contributed by atoms with E-state index in [-0.39, 0.29) is 23.3 Å². The summed E-state index contributed by atoms with van der Waals surface area (Å²) in [6.07, 6.45) is -0.245.